The largest absolute Gasteiger partial charge is 0.495 e. The summed E-state index contributed by atoms with van der Waals surface area (Å²) >= 11 is 0. The quantitative estimate of drug-likeness (QED) is 0.319. The Balaban J connectivity index is 0.000000298. The molecule has 2 aromatic rings. The van der Waals surface area contributed by atoms with Crippen molar-refractivity contribution in [2.24, 2.45) is 11.8 Å². The van der Waals surface area contributed by atoms with Gasteiger partial charge in [-0.3, -0.25) is 9.59 Å². The number of ether oxygens (including phenoxy) is 1. The first-order chi connectivity index (χ1) is 21.4. The van der Waals surface area contributed by atoms with Crippen LogP contribution in [-0.2, 0) is 11.0 Å². The van der Waals surface area contributed by atoms with E-state index in [9.17, 15) is 22.8 Å². The highest BCUT2D eigenvalue weighted by atomic mass is 19.4. The molecular formula is C33H49F3N6O3. The third-order valence-corrected chi connectivity index (χ3v) is 8.55. The van der Waals surface area contributed by atoms with E-state index in [4.69, 9.17) is 4.74 Å². The Bertz CT molecular complexity index is 1240. The molecule has 0 radical (unpaired) electrons. The Kier molecular flexibility index (Phi) is 13.9. The second-order valence-electron chi connectivity index (χ2n) is 12.1. The van der Waals surface area contributed by atoms with E-state index in [-0.39, 0.29) is 29.5 Å². The first-order valence-electron chi connectivity index (χ1n) is 16.0. The van der Waals surface area contributed by atoms with Crippen LogP contribution in [-0.4, -0.2) is 67.0 Å². The number of hydrogen-bond acceptors (Lipinski definition) is 7. The predicted octanol–water partition coefficient (Wildman–Crippen LogP) is 6.50. The van der Waals surface area contributed by atoms with E-state index in [0.29, 0.717) is 22.9 Å². The highest BCUT2D eigenvalue weighted by Crippen LogP contribution is 2.32. The second kappa shape index (κ2) is 17.3. The Labute approximate surface area is 265 Å². The highest BCUT2D eigenvalue weighted by molar-refractivity contribution is 5.95. The van der Waals surface area contributed by atoms with Crippen molar-refractivity contribution in [3.05, 3.63) is 41.2 Å². The van der Waals surface area contributed by atoms with Crippen molar-refractivity contribution in [2.75, 3.05) is 39.6 Å². The number of carbonyl (C=O) groups is 2. The lowest BCUT2D eigenvalue weighted by Gasteiger charge is -2.29. The number of aromatic nitrogens is 2. The molecule has 3 fully saturated rings. The smallest absolute Gasteiger partial charge is 0.419 e. The molecule has 12 heteroatoms. The van der Waals surface area contributed by atoms with Crippen molar-refractivity contribution in [1.82, 2.24) is 25.5 Å². The minimum atomic E-state index is -4.51. The number of alkyl halides is 3. The van der Waals surface area contributed by atoms with Crippen LogP contribution in [0.2, 0.25) is 0 Å². The highest BCUT2D eigenvalue weighted by Gasteiger charge is 2.33. The van der Waals surface area contributed by atoms with Crippen LogP contribution in [0.4, 0.5) is 24.8 Å². The summed E-state index contributed by atoms with van der Waals surface area (Å²) in [5, 5.41) is 8.46. The molecule has 2 amide bonds. The summed E-state index contributed by atoms with van der Waals surface area (Å²) in [4.78, 5) is 32.9. The van der Waals surface area contributed by atoms with Gasteiger partial charge in [0, 0.05) is 30.8 Å². The maximum absolute atomic E-state index is 12.9. The second-order valence-corrected chi connectivity index (χ2v) is 12.1. The number of benzene rings is 1. The van der Waals surface area contributed by atoms with Crippen LogP contribution in [0, 0.1) is 18.8 Å². The monoisotopic (exact) mass is 634 g/mol. The third-order valence-electron chi connectivity index (χ3n) is 8.55. The first-order valence-corrected chi connectivity index (χ1v) is 16.0. The molecule has 0 bridgehead atoms. The van der Waals surface area contributed by atoms with Gasteiger partial charge in [0.15, 0.2) is 0 Å². The van der Waals surface area contributed by atoms with Crippen molar-refractivity contribution in [3.8, 4) is 5.75 Å². The molecule has 1 aliphatic heterocycles. The van der Waals surface area contributed by atoms with Crippen LogP contribution in [0.3, 0.4) is 0 Å². The average molecular weight is 635 g/mol. The van der Waals surface area contributed by atoms with Crippen molar-refractivity contribution in [2.45, 2.75) is 90.3 Å². The number of nitrogens with one attached hydrogen (secondary N) is 3. The summed E-state index contributed by atoms with van der Waals surface area (Å²) in [7, 11) is 5.18. The van der Waals surface area contributed by atoms with E-state index in [2.05, 4.69) is 44.8 Å². The van der Waals surface area contributed by atoms with Gasteiger partial charge in [-0.15, -0.1) is 0 Å². The molecule has 5 rings (SSSR count). The van der Waals surface area contributed by atoms with E-state index in [1.807, 2.05) is 0 Å². The Morgan fingerprint density at radius 2 is 1.71 bits per heavy atom. The zero-order valence-electron chi connectivity index (χ0n) is 27.2. The topological polar surface area (TPSA) is 108 Å². The molecule has 1 aromatic carbocycles. The number of amides is 2. The van der Waals surface area contributed by atoms with Crippen LogP contribution in [0.5, 0.6) is 5.75 Å². The SMILES string of the molecule is CCC1CCCCC1.CNC(=O)C1CC1.COc1cc(C(=O)NC2CCN(C)CC2)ccc1Nc1ncc(C(F)(F)F)c(C)n1. The Morgan fingerprint density at radius 1 is 1.04 bits per heavy atom. The molecule has 0 spiro atoms. The van der Waals surface area contributed by atoms with E-state index >= 15 is 0 Å². The standard InChI is InChI=1S/C20H24F3N5O2.C8H16.C5H9NO/c1-12-15(20(21,22)23)11-24-19(25-12)27-16-5-4-13(10-17(16)30-3)18(29)26-14-6-8-28(2)9-7-14;1-2-8-6-4-3-5-7-8;1-6-5(7)4-2-3-4/h4-5,10-11,14H,6-9H2,1-3H3,(H,26,29)(H,24,25,27);8H,2-7H2,1H3;4H,2-3H2,1H3,(H,6,7). The normalized spacial score (nSPS) is 17.6. The molecular weight excluding hydrogens is 585 g/mol. The van der Waals surface area contributed by atoms with E-state index < -0.39 is 11.7 Å². The maximum Gasteiger partial charge on any atom is 0.419 e. The van der Waals surface area contributed by atoms with Gasteiger partial charge in [0.2, 0.25) is 11.9 Å². The van der Waals surface area contributed by atoms with Gasteiger partial charge in [0.25, 0.3) is 5.91 Å². The molecule has 3 N–H and O–H groups in total. The number of nitrogens with zero attached hydrogens (tertiary/aromatic N) is 3. The number of rotatable bonds is 7. The van der Waals surface area contributed by atoms with Crippen LogP contribution < -0.4 is 20.7 Å². The van der Waals surface area contributed by atoms with Crippen LogP contribution >= 0.6 is 0 Å². The van der Waals surface area contributed by atoms with Crippen LogP contribution in [0.25, 0.3) is 0 Å². The van der Waals surface area contributed by atoms with E-state index in [0.717, 1.165) is 50.9 Å². The van der Waals surface area contributed by atoms with Crippen LogP contribution in [0.15, 0.2) is 24.4 Å². The average Bonchev–Trinajstić information content (AvgIpc) is 3.88. The van der Waals surface area contributed by atoms with Gasteiger partial charge in [-0.25, -0.2) is 9.97 Å². The lowest BCUT2D eigenvalue weighted by atomic mass is 9.88. The third kappa shape index (κ3) is 11.8. The van der Waals surface area contributed by atoms with Gasteiger partial charge in [-0.1, -0.05) is 45.4 Å². The van der Waals surface area contributed by atoms with E-state index in [1.165, 1.54) is 52.6 Å². The number of hydrogen-bond donors (Lipinski definition) is 3. The predicted molar refractivity (Wildman–Crippen MR) is 170 cm³/mol. The fourth-order valence-electron chi connectivity index (χ4n) is 5.43. The molecule has 45 heavy (non-hydrogen) atoms. The summed E-state index contributed by atoms with van der Waals surface area (Å²) in [6.07, 6.45) is 9.14. The Hall–Kier alpha value is -3.41. The van der Waals surface area contributed by atoms with E-state index in [1.54, 1.807) is 25.2 Å². The van der Waals surface area contributed by atoms with Gasteiger partial charge in [0.05, 0.1) is 24.1 Å². The zero-order valence-corrected chi connectivity index (χ0v) is 27.2. The Morgan fingerprint density at radius 3 is 2.20 bits per heavy atom. The molecule has 2 aliphatic carbocycles. The van der Waals surface area contributed by atoms with Gasteiger partial charge in [0.1, 0.15) is 5.75 Å². The number of halogens is 3. The number of anilines is 2. The molecule has 9 nitrogen and oxygen atoms in total. The molecule has 1 aromatic heterocycles. The number of aryl methyl sites for hydroxylation is 1. The van der Waals surface area contributed by atoms with Crippen LogP contribution in [0.1, 0.15) is 92.7 Å². The van der Waals surface area contributed by atoms with Crippen molar-refractivity contribution >= 4 is 23.5 Å². The number of methoxy groups -OCH3 is 1. The summed E-state index contributed by atoms with van der Waals surface area (Å²) in [6, 6.07) is 4.93. The summed E-state index contributed by atoms with van der Waals surface area (Å²) in [5.41, 5.74) is -0.206. The van der Waals surface area contributed by atoms with Gasteiger partial charge in [-0.05, 0) is 76.9 Å². The summed E-state index contributed by atoms with van der Waals surface area (Å²) in [5.74, 6) is 1.82. The lowest BCUT2D eigenvalue weighted by molar-refractivity contribution is -0.138. The summed E-state index contributed by atoms with van der Waals surface area (Å²) < 4.78 is 44.0. The fourth-order valence-corrected chi connectivity index (χ4v) is 5.43. The van der Waals surface area contributed by atoms with Crippen molar-refractivity contribution < 1.29 is 27.5 Å². The molecule has 3 aliphatic rings. The molecule has 0 atom stereocenters. The number of likely N-dealkylation sites (tertiary alicyclic amines) is 1. The molecule has 2 saturated carbocycles. The maximum atomic E-state index is 12.9. The van der Waals surface area contributed by atoms with Gasteiger partial charge < -0.3 is 25.6 Å². The number of carbonyl (C=O) groups excluding carboxylic acids is 2. The molecule has 1 saturated heterocycles. The molecule has 250 valence electrons. The minimum absolute atomic E-state index is 0.00215. The molecule has 0 unspecified atom stereocenters. The van der Waals surface area contributed by atoms with Gasteiger partial charge >= 0.3 is 6.18 Å². The van der Waals surface area contributed by atoms with Crippen molar-refractivity contribution in [3.63, 3.8) is 0 Å². The summed E-state index contributed by atoms with van der Waals surface area (Å²) in [6.45, 7) is 5.45. The lowest BCUT2D eigenvalue weighted by Crippen LogP contribution is -2.43. The van der Waals surface area contributed by atoms with Gasteiger partial charge in [-0.2, -0.15) is 13.2 Å². The fraction of sp³-hybridized carbons (Fsp3) is 0.636. The number of piperidine rings is 1. The van der Waals surface area contributed by atoms with Crippen molar-refractivity contribution in [1.29, 1.82) is 0 Å². The molecule has 2 heterocycles. The first kappa shape index (κ1) is 36.1. The zero-order chi connectivity index (χ0) is 33.0. The minimum Gasteiger partial charge on any atom is -0.495 e.